The van der Waals surface area contributed by atoms with E-state index in [-0.39, 0.29) is 35.4 Å². The van der Waals surface area contributed by atoms with Crippen molar-refractivity contribution >= 4 is 15.7 Å². The molecule has 1 atom stereocenters. The van der Waals surface area contributed by atoms with E-state index in [4.69, 9.17) is 15.6 Å². The van der Waals surface area contributed by atoms with E-state index in [1.807, 2.05) is 0 Å². The zero-order valence-electron chi connectivity index (χ0n) is 11.0. The number of hydrogen-bond donors (Lipinski definition) is 2. The summed E-state index contributed by atoms with van der Waals surface area (Å²) >= 11 is 0. The summed E-state index contributed by atoms with van der Waals surface area (Å²) < 4.78 is 44.5. The molecule has 0 saturated carbocycles. The van der Waals surface area contributed by atoms with Gasteiger partial charge in [0.2, 0.25) is 10.0 Å². The van der Waals surface area contributed by atoms with Gasteiger partial charge >= 0.3 is 0 Å². The smallest absolute Gasteiger partial charge is 0.243 e. The quantitative estimate of drug-likeness (QED) is 0.786. The number of nitrogens with zero attached hydrogens (tertiary/aromatic N) is 1. The topological polar surface area (TPSA) is 92.9 Å². The van der Waals surface area contributed by atoms with Gasteiger partial charge in [-0.25, -0.2) is 12.8 Å². The van der Waals surface area contributed by atoms with E-state index in [0.29, 0.717) is 13.0 Å². The average molecular weight is 304 g/mol. The van der Waals surface area contributed by atoms with Crippen LogP contribution in [0.3, 0.4) is 0 Å². The fourth-order valence-electron chi connectivity index (χ4n) is 2.27. The highest BCUT2D eigenvalue weighted by molar-refractivity contribution is 7.89. The fraction of sp³-hybridized carbons (Fsp3) is 0.500. The standard InChI is InChI=1S/C12H17FN2O4S/c1-19-12-10(13)4-9(5-11(12)14)20(17,18)15-3-2-8(6-15)7-16/h4-5,8,16H,2-3,6-7,14H2,1H3. The number of rotatable bonds is 4. The number of anilines is 1. The van der Waals surface area contributed by atoms with E-state index in [0.717, 1.165) is 6.07 Å². The molecule has 1 fully saturated rings. The summed E-state index contributed by atoms with van der Waals surface area (Å²) in [4.78, 5) is -0.202. The van der Waals surface area contributed by atoms with Gasteiger partial charge in [0.1, 0.15) is 0 Å². The van der Waals surface area contributed by atoms with Crippen molar-refractivity contribution in [3.8, 4) is 5.75 Å². The van der Waals surface area contributed by atoms with E-state index >= 15 is 0 Å². The van der Waals surface area contributed by atoms with Crippen LogP contribution in [-0.2, 0) is 10.0 Å². The Kier molecular flexibility index (Phi) is 4.17. The minimum atomic E-state index is -3.81. The molecule has 0 spiro atoms. The molecule has 8 heteroatoms. The zero-order valence-corrected chi connectivity index (χ0v) is 11.9. The van der Waals surface area contributed by atoms with E-state index in [2.05, 4.69) is 0 Å². The number of hydrogen-bond acceptors (Lipinski definition) is 5. The molecule has 0 aromatic heterocycles. The Morgan fingerprint density at radius 2 is 2.25 bits per heavy atom. The zero-order chi connectivity index (χ0) is 14.9. The van der Waals surface area contributed by atoms with E-state index in [1.54, 1.807) is 0 Å². The van der Waals surface area contributed by atoms with Crippen LogP contribution in [0.5, 0.6) is 5.75 Å². The van der Waals surface area contributed by atoms with Gasteiger partial charge in [0, 0.05) is 19.7 Å². The number of nitrogens with two attached hydrogens (primary N) is 1. The Hall–Kier alpha value is -1.38. The van der Waals surface area contributed by atoms with Gasteiger partial charge in [-0.3, -0.25) is 0 Å². The number of nitrogen functional groups attached to an aromatic ring is 1. The maximum absolute atomic E-state index is 13.7. The average Bonchev–Trinajstić information content (AvgIpc) is 2.87. The monoisotopic (exact) mass is 304 g/mol. The van der Waals surface area contributed by atoms with Crippen LogP contribution in [0.2, 0.25) is 0 Å². The molecule has 0 aliphatic carbocycles. The van der Waals surface area contributed by atoms with Crippen LogP contribution in [0.15, 0.2) is 17.0 Å². The first-order chi connectivity index (χ1) is 9.40. The molecule has 2 rings (SSSR count). The lowest BCUT2D eigenvalue weighted by molar-refractivity contribution is 0.233. The largest absolute Gasteiger partial charge is 0.492 e. The molecule has 0 radical (unpaired) electrons. The summed E-state index contributed by atoms with van der Waals surface area (Å²) in [5.41, 5.74) is 5.53. The fourth-order valence-corrected chi connectivity index (χ4v) is 3.85. The predicted octanol–water partition coefficient (Wildman–Crippen LogP) is 0.419. The van der Waals surface area contributed by atoms with Gasteiger partial charge in [-0.2, -0.15) is 4.31 Å². The molecule has 1 unspecified atom stereocenters. The van der Waals surface area contributed by atoms with Gasteiger partial charge in [0.25, 0.3) is 0 Å². The normalized spacial score (nSPS) is 20.2. The van der Waals surface area contributed by atoms with Gasteiger partial charge in [-0.05, 0) is 24.5 Å². The number of ether oxygens (including phenoxy) is 1. The molecule has 1 aromatic rings. The lowest BCUT2D eigenvalue weighted by Crippen LogP contribution is -2.29. The molecule has 1 aliphatic heterocycles. The maximum atomic E-state index is 13.7. The van der Waals surface area contributed by atoms with Gasteiger partial charge in [0.15, 0.2) is 11.6 Å². The first kappa shape index (κ1) is 15.0. The highest BCUT2D eigenvalue weighted by Gasteiger charge is 2.33. The summed E-state index contributed by atoms with van der Waals surface area (Å²) in [5, 5.41) is 9.06. The Morgan fingerprint density at radius 3 is 2.75 bits per heavy atom. The third-order valence-electron chi connectivity index (χ3n) is 3.39. The molecule has 112 valence electrons. The van der Waals surface area contributed by atoms with Gasteiger partial charge in [-0.15, -0.1) is 0 Å². The summed E-state index contributed by atoms with van der Waals surface area (Å²) in [6.45, 7) is 0.471. The minimum Gasteiger partial charge on any atom is -0.492 e. The van der Waals surface area contributed by atoms with Gasteiger partial charge in [-0.1, -0.05) is 0 Å². The second-order valence-electron chi connectivity index (χ2n) is 4.73. The van der Waals surface area contributed by atoms with Crippen molar-refractivity contribution in [2.75, 3.05) is 32.5 Å². The molecule has 1 saturated heterocycles. The van der Waals surface area contributed by atoms with Crippen molar-refractivity contribution in [3.05, 3.63) is 17.9 Å². The minimum absolute atomic E-state index is 0.0644. The van der Waals surface area contributed by atoms with E-state index in [1.165, 1.54) is 17.5 Å². The lowest BCUT2D eigenvalue weighted by atomic mass is 10.1. The number of sulfonamides is 1. The summed E-state index contributed by atoms with van der Waals surface area (Å²) in [5.74, 6) is -1.06. The second kappa shape index (κ2) is 5.55. The molecule has 6 nitrogen and oxygen atoms in total. The SMILES string of the molecule is COc1c(N)cc(S(=O)(=O)N2CCC(CO)C2)cc1F. The van der Waals surface area contributed by atoms with Crippen LogP contribution in [0.25, 0.3) is 0 Å². The number of aliphatic hydroxyl groups excluding tert-OH is 1. The molecule has 1 heterocycles. The molecule has 1 aliphatic rings. The molecule has 0 amide bonds. The van der Waals surface area contributed by atoms with Crippen LogP contribution in [0.4, 0.5) is 10.1 Å². The Bertz CT molecular complexity index is 582. The first-order valence-electron chi connectivity index (χ1n) is 6.14. The predicted molar refractivity (Wildman–Crippen MR) is 71.3 cm³/mol. The highest BCUT2D eigenvalue weighted by Crippen LogP contribution is 2.31. The third-order valence-corrected chi connectivity index (χ3v) is 5.24. The Morgan fingerprint density at radius 1 is 1.55 bits per heavy atom. The summed E-state index contributed by atoms with van der Waals surface area (Å²) in [6.07, 6.45) is 0.587. The van der Waals surface area contributed by atoms with Crippen molar-refractivity contribution in [1.29, 1.82) is 0 Å². The maximum Gasteiger partial charge on any atom is 0.243 e. The van der Waals surface area contributed by atoms with Crippen LogP contribution in [-0.4, -0.2) is 44.6 Å². The number of aliphatic hydroxyl groups is 1. The lowest BCUT2D eigenvalue weighted by Gasteiger charge is -2.17. The van der Waals surface area contributed by atoms with Crippen molar-refractivity contribution in [3.63, 3.8) is 0 Å². The third kappa shape index (κ3) is 2.58. The van der Waals surface area contributed by atoms with Crippen LogP contribution in [0, 0.1) is 11.7 Å². The van der Waals surface area contributed by atoms with Crippen LogP contribution in [0.1, 0.15) is 6.42 Å². The van der Waals surface area contributed by atoms with Gasteiger partial charge in [0.05, 0.1) is 17.7 Å². The van der Waals surface area contributed by atoms with Crippen molar-refractivity contribution in [1.82, 2.24) is 4.31 Å². The molecule has 20 heavy (non-hydrogen) atoms. The number of halogens is 1. The Labute approximate surface area is 117 Å². The number of benzene rings is 1. The number of methoxy groups -OCH3 is 1. The van der Waals surface area contributed by atoms with Crippen LogP contribution < -0.4 is 10.5 Å². The molecular formula is C12H17FN2O4S. The molecule has 3 N–H and O–H groups in total. The van der Waals surface area contributed by atoms with Crippen molar-refractivity contribution in [2.24, 2.45) is 5.92 Å². The van der Waals surface area contributed by atoms with Crippen molar-refractivity contribution < 1.29 is 22.7 Å². The molecule has 1 aromatic carbocycles. The highest BCUT2D eigenvalue weighted by atomic mass is 32.2. The van der Waals surface area contributed by atoms with E-state index in [9.17, 15) is 12.8 Å². The summed E-state index contributed by atoms with van der Waals surface area (Å²) in [7, 11) is -2.55. The van der Waals surface area contributed by atoms with Crippen molar-refractivity contribution in [2.45, 2.75) is 11.3 Å². The first-order valence-corrected chi connectivity index (χ1v) is 7.58. The Balaban J connectivity index is 2.36. The summed E-state index contributed by atoms with van der Waals surface area (Å²) in [6, 6.07) is 2.08. The molecule has 0 bridgehead atoms. The van der Waals surface area contributed by atoms with E-state index < -0.39 is 15.8 Å². The molecular weight excluding hydrogens is 287 g/mol. The van der Waals surface area contributed by atoms with Crippen LogP contribution >= 0.6 is 0 Å². The second-order valence-corrected chi connectivity index (χ2v) is 6.67. The van der Waals surface area contributed by atoms with Gasteiger partial charge < -0.3 is 15.6 Å².